The van der Waals surface area contributed by atoms with Gasteiger partial charge in [0.25, 0.3) is 0 Å². The van der Waals surface area contributed by atoms with Gasteiger partial charge in [-0.25, -0.2) is 9.36 Å². The molecule has 20 heavy (non-hydrogen) atoms. The number of nitrogens with zero attached hydrogens (tertiary/aromatic N) is 2. The van der Waals surface area contributed by atoms with Gasteiger partial charge in [0.15, 0.2) is 0 Å². The number of carbonyl (C=O) groups is 1. The Bertz CT molecular complexity index is 612. The average Bonchev–Trinajstić information content (AvgIpc) is 2.69. The second-order valence-corrected chi connectivity index (χ2v) is 5.56. The maximum atomic E-state index is 12.1. The fourth-order valence-electron chi connectivity index (χ4n) is 1.72. The van der Waals surface area contributed by atoms with Crippen LogP contribution in [-0.2, 0) is 4.74 Å². The van der Waals surface area contributed by atoms with Gasteiger partial charge in [0.05, 0.1) is 16.1 Å². The minimum atomic E-state index is -0.545. The third-order valence-electron chi connectivity index (χ3n) is 2.40. The summed E-state index contributed by atoms with van der Waals surface area (Å²) in [5.74, 6) is 0. The first-order valence-corrected chi connectivity index (χ1v) is 7.03. The molecule has 2 rings (SSSR count). The lowest BCUT2D eigenvalue weighted by Crippen LogP contribution is -2.26. The van der Waals surface area contributed by atoms with Crippen LogP contribution in [0.1, 0.15) is 40.2 Å². The molecule has 0 fully saturated rings. The van der Waals surface area contributed by atoms with Crippen molar-refractivity contribution in [3.8, 4) is 0 Å². The van der Waals surface area contributed by atoms with E-state index in [0.29, 0.717) is 16.1 Å². The number of pyridine rings is 1. The van der Waals surface area contributed by atoms with Crippen molar-refractivity contribution in [2.45, 2.75) is 47.1 Å². The maximum absolute atomic E-state index is 12.1. The third-order valence-corrected chi connectivity index (χ3v) is 2.71. The Kier molecular flexibility index (Phi) is 5.17. The number of ether oxygens (including phenoxy) is 1. The van der Waals surface area contributed by atoms with Crippen molar-refractivity contribution in [1.82, 2.24) is 9.55 Å². The zero-order valence-electron chi connectivity index (χ0n) is 12.8. The van der Waals surface area contributed by atoms with E-state index in [-0.39, 0.29) is 0 Å². The molecule has 0 atom stereocenters. The molecule has 0 radical (unpaired) electrons. The molecular formula is C15H21ClN2O2. The molecular weight excluding hydrogens is 276 g/mol. The normalized spacial score (nSPS) is 10.9. The Hall–Kier alpha value is -1.55. The fraction of sp³-hybridized carbons (Fsp3) is 0.467. The van der Waals surface area contributed by atoms with E-state index >= 15 is 0 Å². The summed E-state index contributed by atoms with van der Waals surface area (Å²) >= 11 is 6.12. The molecule has 110 valence electrons. The molecule has 0 aromatic carbocycles. The zero-order chi connectivity index (χ0) is 15.5. The average molecular weight is 297 g/mol. The van der Waals surface area contributed by atoms with Gasteiger partial charge in [-0.1, -0.05) is 25.4 Å². The topological polar surface area (TPSA) is 44.1 Å². The van der Waals surface area contributed by atoms with Gasteiger partial charge in [-0.15, -0.1) is 0 Å². The third kappa shape index (κ3) is 3.51. The van der Waals surface area contributed by atoms with Crippen molar-refractivity contribution in [3.63, 3.8) is 0 Å². The summed E-state index contributed by atoms with van der Waals surface area (Å²) in [7, 11) is 0. The number of aryl methyl sites for hydroxylation is 1. The summed E-state index contributed by atoms with van der Waals surface area (Å²) in [6.07, 6.45) is 2.87. The first kappa shape index (κ1) is 16.5. The largest absolute Gasteiger partial charge is 0.443 e. The summed E-state index contributed by atoms with van der Waals surface area (Å²) in [5, 5.41) is 0.485. The SMILES string of the molecule is CC.Cc1cn(C(=O)OC(C)(C)C)c2c(Cl)ccnc12. The van der Waals surface area contributed by atoms with Crippen LogP contribution in [0.25, 0.3) is 11.0 Å². The van der Waals surface area contributed by atoms with Crippen LogP contribution in [-0.4, -0.2) is 21.2 Å². The highest BCUT2D eigenvalue weighted by Gasteiger charge is 2.21. The number of halogens is 1. The summed E-state index contributed by atoms with van der Waals surface area (Å²) < 4.78 is 6.75. The van der Waals surface area contributed by atoms with Crippen molar-refractivity contribution in [1.29, 1.82) is 0 Å². The first-order valence-electron chi connectivity index (χ1n) is 6.65. The van der Waals surface area contributed by atoms with Crippen LogP contribution in [0.3, 0.4) is 0 Å². The Labute approximate surface area is 124 Å². The molecule has 0 bridgehead atoms. The number of rotatable bonds is 0. The number of fused-ring (bicyclic) bond motifs is 1. The van der Waals surface area contributed by atoms with Crippen LogP contribution in [0.4, 0.5) is 4.79 Å². The highest BCUT2D eigenvalue weighted by Crippen LogP contribution is 2.26. The first-order chi connectivity index (χ1) is 9.29. The lowest BCUT2D eigenvalue weighted by molar-refractivity contribution is 0.0544. The summed E-state index contributed by atoms with van der Waals surface area (Å²) in [4.78, 5) is 16.3. The van der Waals surface area contributed by atoms with Crippen molar-refractivity contribution >= 4 is 28.7 Å². The van der Waals surface area contributed by atoms with Crippen LogP contribution in [0.5, 0.6) is 0 Å². The molecule has 0 saturated carbocycles. The van der Waals surface area contributed by atoms with Crippen molar-refractivity contribution in [2.75, 3.05) is 0 Å². The van der Waals surface area contributed by atoms with Gasteiger partial charge in [-0.3, -0.25) is 4.98 Å². The minimum absolute atomic E-state index is 0.449. The maximum Gasteiger partial charge on any atom is 0.419 e. The Morgan fingerprint density at radius 3 is 2.50 bits per heavy atom. The van der Waals surface area contributed by atoms with Gasteiger partial charge in [0.2, 0.25) is 0 Å². The van der Waals surface area contributed by atoms with E-state index in [4.69, 9.17) is 16.3 Å². The Morgan fingerprint density at radius 1 is 1.35 bits per heavy atom. The van der Waals surface area contributed by atoms with E-state index < -0.39 is 11.7 Å². The number of aromatic nitrogens is 2. The van der Waals surface area contributed by atoms with E-state index in [1.54, 1.807) is 18.5 Å². The van der Waals surface area contributed by atoms with Gasteiger partial charge in [-0.2, -0.15) is 0 Å². The molecule has 2 aromatic heterocycles. The highest BCUT2D eigenvalue weighted by atomic mass is 35.5. The van der Waals surface area contributed by atoms with Crippen molar-refractivity contribution in [3.05, 3.63) is 29.0 Å². The summed E-state index contributed by atoms with van der Waals surface area (Å²) in [6, 6.07) is 1.66. The zero-order valence-corrected chi connectivity index (χ0v) is 13.6. The van der Waals surface area contributed by atoms with E-state index in [9.17, 15) is 4.79 Å². The predicted molar refractivity (Wildman–Crippen MR) is 82.5 cm³/mol. The van der Waals surface area contributed by atoms with E-state index in [1.165, 1.54) is 4.57 Å². The summed E-state index contributed by atoms with van der Waals surface area (Å²) in [6.45, 7) is 11.3. The molecule has 2 aromatic rings. The van der Waals surface area contributed by atoms with Crippen molar-refractivity contribution < 1.29 is 9.53 Å². The van der Waals surface area contributed by atoms with E-state index in [0.717, 1.165) is 5.56 Å². The Morgan fingerprint density at radius 2 is 1.95 bits per heavy atom. The quantitative estimate of drug-likeness (QED) is 0.701. The molecule has 0 aliphatic carbocycles. The van der Waals surface area contributed by atoms with Gasteiger partial charge in [-0.05, 0) is 39.3 Å². The van der Waals surface area contributed by atoms with Gasteiger partial charge in [0.1, 0.15) is 5.60 Å². The minimum Gasteiger partial charge on any atom is -0.443 e. The lowest BCUT2D eigenvalue weighted by Gasteiger charge is -2.19. The molecule has 0 unspecified atom stereocenters. The monoisotopic (exact) mass is 296 g/mol. The number of hydrogen-bond acceptors (Lipinski definition) is 3. The number of carbonyl (C=O) groups excluding carboxylic acids is 1. The van der Waals surface area contributed by atoms with E-state index in [2.05, 4.69) is 4.98 Å². The Balaban J connectivity index is 0.000000956. The smallest absolute Gasteiger partial charge is 0.419 e. The second-order valence-electron chi connectivity index (χ2n) is 5.15. The van der Waals surface area contributed by atoms with Crippen LogP contribution in [0.15, 0.2) is 18.5 Å². The molecule has 0 saturated heterocycles. The summed E-state index contributed by atoms with van der Waals surface area (Å²) in [5.41, 5.74) is 1.65. The number of hydrogen-bond donors (Lipinski definition) is 0. The lowest BCUT2D eigenvalue weighted by atomic mass is 10.2. The van der Waals surface area contributed by atoms with E-state index in [1.807, 2.05) is 41.5 Å². The molecule has 0 aliphatic heterocycles. The van der Waals surface area contributed by atoms with Gasteiger partial charge < -0.3 is 4.74 Å². The molecule has 0 N–H and O–H groups in total. The second kappa shape index (κ2) is 6.27. The molecule has 0 spiro atoms. The molecule has 0 aliphatic rings. The van der Waals surface area contributed by atoms with Crippen LogP contribution < -0.4 is 0 Å². The van der Waals surface area contributed by atoms with Gasteiger partial charge >= 0.3 is 6.09 Å². The van der Waals surface area contributed by atoms with Crippen LogP contribution >= 0.6 is 11.6 Å². The highest BCUT2D eigenvalue weighted by molar-refractivity contribution is 6.35. The van der Waals surface area contributed by atoms with Crippen LogP contribution in [0.2, 0.25) is 5.02 Å². The fourth-order valence-corrected chi connectivity index (χ4v) is 1.96. The molecule has 2 heterocycles. The standard InChI is InChI=1S/C13H15ClN2O2.C2H6/c1-8-7-16(12(17)18-13(2,3)4)11-9(14)5-6-15-10(8)11;1-2/h5-7H,1-4H3;1-2H3. The van der Waals surface area contributed by atoms with Crippen LogP contribution in [0, 0.1) is 6.92 Å². The molecule has 5 heteroatoms. The molecule has 4 nitrogen and oxygen atoms in total. The van der Waals surface area contributed by atoms with Gasteiger partial charge in [0, 0.05) is 12.4 Å². The molecule has 0 amide bonds. The van der Waals surface area contributed by atoms with Crippen molar-refractivity contribution in [2.24, 2.45) is 0 Å². The predicted octanol–water partition coefficient (Wildman–Crippen LogP) is 4.81.